The predicted octanol–water partition coefficient (Wildman–Crippen LogP) is 3.56. The molecule has 0 atom stereocenters. The number of nitrogens with zero attached hydrogens (tertiary/aromatic N) is 2. The van der Waals surface area contributed by atoms with E-state index in [1.54, 1.807) is 25.1 Å². The van der Waals surface area contributed by atoms with Gasteiger partial charge in [0.15, 0.2) is 0 Å². The number of aromatic nitrogens is 1. The molecule has 0 saturated carbocycles. The second kappa shape index (κ2) is 6.68. The lowest BCUT2D eigenvalue weighted by molar-refractivity contribution is -0.274. The summed E-state index contributed by atoms with van der Waals surface area (Å²) in [6.45, 7) is 1.78. The van der Waals surface area contributed by atoms with Crippen LogP contribution in [0, 0.1) is 6.92 Å². The first-order valence-corrected chi connectivity index (χ1v) is 6.78. The smallest absolute Gasteiger partial charge is 0.405 e. The molecule has 0 aliphatic rings. The second-order valence-corrected chi connectivity index (χ2v) is 5.00. The molecule has 0 aliphatic carbocycles. The lowest BCUT2D eigenvalue weighted by Crippen LogP contribution is -2.27. The van der Waals surface area contributed by atoms with Crippen LogP contribution in [0.1, 0.15) is 21.6 Å². The minimum Gasteiger partial charge on any atom is -0.405 e. The molecule has 0 bridgehead atoms. The molecule has 1 aromatic heterocycles. The van der Waals surface area contributed by atoms with E-state index in [1.807, 2.05) is 0 Å². The number of para-hydroxylation sites is 1. The number of ether oxygens (including phenoxy) is 1. The fourth-order valence-corrected chi connectivity index (χ4v) is 2.00. The van der Waals surface area contributed by atoms with Gasteiger partial charge in [0.05, 0.1) is 5.56 Å². The van der Waals surface area contributed by atoms with Crippen molar-refractivity contribution in [2.75, 3.05) is 7.05 Å². The van der Waals surface area contributed by atoms with Gasteiger partial charge in [-0.15, -0.1) is 13.2 Å². The zero-order chi connectivity index (χ0) is 17.0. The first-order chi connectivity index (χ1) is 10.8. The number of aryl methyl sites for hydroxylation is 1. The summed E-state index contributed by atoms with van der Waals surface area (Å²) < 4.78 is 41.2. The molecule has 122 valence electrons. The molecule has 0 N–H and O–H groups in total. The average Bonchev–Trinajstić information content (AvgIpc) is 2.48. The molecule has 7 heteroatoms. The number of pyridine rings is 1. The first kappa shape index (κ1) is 16.8. The number of benzene rings is 1. The van der Waals surface area contributed by atoms with Gasteiger partial charge in [0, 0.05) is 31.0 Å². The molecular formula is C16H15F3N2O2. The van der Waals surface area contributed by atoms with Crippen molar-refractivity contribution in [3.63, 3.8) is 0 Å². The SMILES string of the molecule is Cc1ccc(C(=O)N(C)Cc2ccccc2OC(F)(F)F)cn1. The molecule has 2 rings (SSSR count). The quantitative estimate of drug-likeness (QED) is 0.863. The molecule has 0 unspecified atom stereocenters. The van der Waals surface area contributed by atoms with E-state index in [9.17, 15) is 18.0 Å². The highest BCUT2D eigenvalue weighted by molar-refractivity contribution is 5.93. The minimum absolute atomic E-state index is 0.0149. The van der Waals surface area contributed by atoms with Crippen molar-refractivity contribution in [2.24, 2.45) is 0 Å². The van der Waals surface area contributed by atoms with E-state index in [4.69, 9.17) is 0 Å². The molecule has 0 fully saturated rings. The summed E-state index contributed by atoms with van der Waals surface area (Å²) >= 11 is 0. The van der Waals surface area contributed by atoms with E-state index in [1.165, 1.54) is 36.3 Å². The number of alkyl halides is 3. The minimum atomic E-state index is -4.78. The zero-order valence-corrected chi connectivity index (χ0v) is 12.6. The highest BCUT2D eigenvalue weighted by Gasteiger charge is 2.32. The van der Waals surface area contributed by atoms with Gasteiger partial charge in [-0.2, -0.15) is 0 Å². The van der Waals surface area contributed by atoms with Crippen LogP contribution in [-0.2, 0) is 6.54 Å². The zero-order valence-electron chi connectivity index (χ0n) is 12.6. The van der Waals surface area contributed by atoms with Crippen LogP contribution in [-0.4, -0.2) is 29.2 Å². The third-order valence-corrected chi connectivity index (χ3v) is 3.11. The number of carbonyl (C=O) groups excluding carboxylic acids is 1. The van der Waals surface area contributed by atoms with Crippen molar-refractivity contribution >= 4 is 5.91 Å². The number of amides is 1. The Morgan fingerprint density at radius 1 is 1.22 bits per heavy atom. The molecular weight excluding hydrogens is 309 g/mol. The number of hydrogen-bond donors (Lipinski definition) is 0. The third kappa shape index (κ3) is 4.70. The lowest BCUT2D eigenvalue weighted by Gasteiger charge is -2.20. The maximum Gasteiger partial charge on any atom is 0.573 e. The van der Waals surface area contributed by atoms with E-state index in [-0.39, 0.29) is 23.8 Å². The predicted molar refractivity (Wildman–Crippen MR) is 77.9 cm³/mol. The van der Waals surface area contributed by atoms with Gasteiger partial charge in [0.25, 0.3) is 5.91 Å². The van der Waals surface area contributed by atoms with E-state index in [2.05, 4.69) is 9.72 Å². The van der Waals surface area contributed by atoms with Crippen LogP contribution in [0.15, 0.2) is 42.6 Å². The summed E-state index contributed by atoms with van der Waals surface area (Å²) in [5, 5.41) is 0. The largest absolute Gasteiger partial charge is 0.573 e. The fraction of sp³-hybridized carbons (Fsp3) is 0.250. The van der Waals surface area contributed by atoms with Crippen molar-refractivity contribution in [2.45, 2.75) is 19.8 Å². The molecule has 0 aliphatic heterocycles. The monoisotopic (exact) mass is 324 g/mol. The van der Waals surface area contributed by atoms with Crippen molar-refractivity contribution in [3.8, 4) is 5.75 Å². The van der Waals surface area contributed by atoms with E-state index < -0.39 is 6.36 Å². The Bertz CT molecular complexity index is 684. The first-order valence-electron chi connectivity index (χ1n) is 6.78. The molecule has 1 heterocycles. The van der Waals surface area contributed by atoms with Gasteiger partial charge in [0.2, 0.25) is 0 Å². The third-order valence-electron chi connectivity index (χ3n) is 3.11. The van der Waals surface area contributed by atoms with Gasteiger partial charge in [-0.1, -0.05) is 18.2 Å². The molecule has 0 saturated heterocycles. The van der Waals surface area contributed by atoms with E-state index in [0.29, 0.717) is 5.56 Å². The van der Waals surface area contributed by atoms with Crippen molar-refractivity contribution < 1.29 is 22.7 Å². The lowest BCUT2D eigenvalue weighted by atomic mass is 10.1. The number of hydrogen-bond acceptors (Lipinski definition) is 3. The standard InChI is InChI=1S/C16H15F3N2O2/c1-11-7-8-12(9-20-11)15(22)21(2)10-13-5-3-4-6-14(13)23-16(17,18)19/h3-9H,10H2,1-2H3. The van der Waals surface area contributed by atoms with Crippen molar-refractivity contribution in [1.29, 1.82) is 0 Å². The molecule has 4 nitrogen and oxygen atoms in total. The van der Waals surface area contributed by atoms with Gasteiger partial charge in [-0.05, 0) is 25.1 Å². The molecule has 2 aromatic rings. The molecule has 1 amide bonds. The van der Waals surface area contributed by atoms with Crippen LogP contribution >= 0.6 is 0 Å². The van der Waals surface area contributed by atoms with Gasteiger partial charge in [0.1, 0.15) is 5.75 Å². The highest BCUT2D eigenvalue weighted by atomic mass is 19.4. The summed E-state index contributed by atoms with van der Waals surface area (Å²) in [6.07, 6.45) is -3.34. The van der Waals surface area contributed by atoms with Gasteiger partial charge in [-0.25, -0.2) is 0 Å². The summed E-state index contributed by atoms with van der Waals surface area (Å²) in [6, 6.07) is 9.05. The maximum absolute atomic E-state index is 12.4. The number of rotatable bonds is 4. The van der Waals surface area contributed by atoms with Crippen LogP contribution in [0.3, 0.4) is 0 Å². The van der Waals surface area contributed by atoms with Crippen molar-refractivity contribution in [3.05, 3.63) is 59.4 Å². The molecule has 1 aromatic carbocycles. The number of carbonyl (C=O) groups is 1. The van der Waals surface area contributed by atoms with E-state index in [0.717, 1.165) is 5.69 Å². The van der Waals surface area contributed by atoms with Crippen LogP contribution in [0.2, 0.25) is 0 Å². The second-order valence-electron chi connectivity index (χ2n) is 5.00. The Hall–Kier alpha value is -2.57. The van der Waals surface area contributed by atoms with Crippen LogP contribution in [0.25, 0.3) is 0 Å². The Kier molecular flexibility index (Phi) is 4.88. The summed E-state index contributed by atoms with van der Waals surface area (Å²) in [4.78, 5) is 17.6. The van der Waals surface area contributed by atoms with Gasteiger partial charge >= 0.3 is 6.36 Å². The highest BCUT2D eigenvalue weighted by Crippen LogP contribution is 2.27. The summed E-state index contributed by atoms with van der Waals surface area (Å²) in [5.74, 6) is -0.652. The molecule has 0 spiro atoms. The Morgan fingerprint density at radius 2 is 1.91 bits per heavy atom. The normalized spacial score (nSPS) is 11.2. The van der Waals surface area contributed by atoms with E-state index >= 15 is 0 Å². The topological polar surface area (TPSA) is 42.4 Å². The summed E-state index contributed by atoms with van der Waals surface area (Å²) in [5.41, 5.74) is 1.40. The molecule has 0 radical (unpaired) electrons. The van der Waals surface area contributed by atoms with Crippen molar-refractivity contribution in [1.82, 2.24) is 9.88 Å². The molecule has 23 heavy (non-hydrogen) atoms. The Balaban J connectivity index is 2.15. The Morgan fingerprint density at radius 3 is 2.52 bits per heavy atom. The maximum atomic E-state index is 12.4. The summed E-state index contributed by atoms with van der Waals surface area (Å²) in [7, 11) is 1.51. The fourth-order valence-electron chi connectivity index (χ4n) is 2.00. The van der Waals surface area contributed by atoms with Gasteiger partial charge in [-0.3, -0.25) is 9.78 Å². The van der Waals surface area contributed by atoms with Gasteiger partial charge < -0.3 is 9.64 Å². The average molecular weight is 324 g/mol. The van der Waals surface area contributed by atoms with Crippen LogP contribution in [0.5, 0.6) is 5.75 Å². The number of halogens is 3. The van der Waals surface area contributed by atoms with Crippen LogP contribution < -0.4 is 4.74 Å². The Labute approximate surface area is 131 Å². The van der Waals surface area contributed by atoms with Crippen LogP contribution in [0.4, 0.5) is 13.2 Å².